The average molecular weight is 604 g/mol. The van der Waals surface area contributed by atoms with Crippen molar-refractivity contribution in [3.05, 3.63) is 89.9 Å². The number of fused-ring (bicyclic) bond motifs is 3. The van der Waals surface area contributed by atoms with Gasteiger partial charge in [0.15, 0.2) is 0 Å². The summed E-state index contributed by atoms with van der Waals surface area (Å²) in [6.45, 7) is 24.4. The summed E-state index contributed by atoms with van der Waals surface area (Å²) in [6.07, 6.45) is 2.07. The van der Waals surface area contributed by atoms with E-state index in [0.717, 1.165) is 44.3 Å². The molecule has 5 rings (SSSR count). The predicted molar refractivity (Wildman–Crippen MR) is 177 cm³/mol. The zero-order chi connectivity index (χ0) is 29.7. The van der Waals surface area contributed by atoms with Crippen LogP contribution in [0.1, 0.15) is 47.1 Å². The zero-order valence-corrected chi connectivity index (χ0v) is 28.2. The Bertz CT molecular complexity index is 1770. The molecule has 2 heterocycles. The first-order valence-corrected chi connectivity index (χ1v) is 20.7. The molecule has 0 unspecified atom stereocenters. The van der Waals surface area contributed by atoms with Crippen LogP contribution in [0.3, 0.4) is 0 Å². The van der Waals surface area contributed by atoms with Crippen LogP contribution < -0.4 is 8.96 Å². The van der Waals surface area contributed by atoms with Gasteiger partial charge in [-0.2, -0.15) is 0 Å². The topological polar surface area (TPSA) is 21.4 Å². The number of benzene rings is 3. The van der Waals surface area contributed by atoms with E-state index in [2.05, 4.69) is 131 Å². The molecule has 4 heteroatoms. The maximum atomic E-state index is 8.01. The van der Waals surface area contributed by atoms with E-state index in [-0.39, 0.29) is 0 Å². The summed E-state index contributed by atoms with van der Waals surface area (Å²) in [7, 11) is 2.07. The third-order valence-electron chi connectivity index (χ3n) is 8.14. The molecule has 3 nitrogen and oxygen atoms in total. The fraction of sp³-hybridized carbons (Fsp3) is 0.351. The second kappa shape index (κ2) is 10.5. The Morgan fingerprint density at radius 2 is 1.37 bits per heavy atom. The van der Waals surface area contributed by atoms with E-state index in [4.69, 9.17) is 11.0 Å². The van der Waals surface area contributed by atoms with Crippen molar-refractivity contribution in [2.75, 3.05) is 0 Å². The third kappa shape index (κ3) is 5.73. The van der Waals surface area contributed by atoms with Gasteiger partial charge in [0, 0.05) is 6.07 Å². The van der Waals surface area contributed by atoms with Crippen LogP contribution >= 0.6 is 0 Å². The SMILES string of the molecule is [C-]#[N+]c1ccc2c(oc3c(-c4cccc[n+]4C)c(C)ccc32)c1-c1cc[c]([Ge]([CH3])([CH2]C(C)(C)C)[CH2]C(C)(C)C)cc1. The minimum absolute atomic E-state index is 0.293. The van der Waals surface area contributed by atoms with Crippen molar-refractivity contribution < 1.29 is 8.98 Å². The molecule has 2 aromatic heterocycles. The number of furan rings is 1. The van der Waals surface area contributed by atoms with Gasteiger partial charge in [0.2, 0.25) is 0 Å². The summed E-state index contributed by atoms with van der Waals surface area (Å²) in [5, 5.41) is 4.70. The molecule has 0 atom stereocenters. The van der Waals surface area contributed by atoms with Crippen LogP contribution in [0.4, 0.5) is 5.69 Å². The van der Waals surface area contributed by atoms with E-state index >= 15 is 0 Å². The summed E-state index contributed by atoms with van der Waals surface area (Å²) < 4.78 is 10.5. The van der Waals surface area contributed by atoms with Crippen molar-refractivity contribution in [1.29, 1.82) is 0 Å². The molecule has 0 radical (unpaired) electrons. The Balaban J connectivity index is 1.71. The van der Waals surface area contributed by atoms with Crippen molar-refractivity contribution in [3.8, 4) is 22.4 Å². The van der Waals surface area contributed by atoms with Crippen molar-refractivity contribution in [3.63, 3.8) is 0 Å². The fourth-order valence-corrected chi connectivity index (χ4v) is 20.1. The van der Waals surface area contributed by atoms with Crippen LogP contribution in [0, 0.1) is 24.3 Å². The Hall–Kier alpha value is -3.36. The van der Waals surface area contributed by atoms with Gasteiger partial charge in [-0.05, 0) is 0 Å². The molecule has 3 aromatic carbocycles. The number of pyridine rings is 1. The van der Waals surface area contributed by atoms with Crippen molar-refractivity contribution in [2.45, 2.75) is 64.7 Å². The zero-order valence-electron chi connectivity index (χ0n) is 26.1. The molecule has 41 heavy (non-hydrogen) atoms. The van der Waals surface area contributed by atoms with Crippen molar-refractivity contribution in [2.24, 2.45) is 17.9 Å². The summed E-state index contributed by atoms with van der Waals surface area (Å²) >= 11 is -2.40. The Morgan fingerprint density at radius 3 is 1.93 bits per heavy atom. The molecule has 0 aliphatic carbocycles. The number of rotatable bonds is 5. The number of nitrogens with zero attached hydrogens (tertiary/aromatic N) is 2. The van der Waals surface area contributed by atoms with Crippen LogP contribution in [0.2, 0.25) is 16.3 Å². The molecule has 0 bridgehead atoms. The molecular formula is C37H43GeN2O+. The first-order valence-electron chi connectivity index (χ1n) is 14.6. The fourth-order valence-electron chi connectivity index (χ4n) is 7.11. The van der Waals surface area contributed by atoms with Gasteiger partial charge in [0.25, 0.3) is 0 Å². The van der Waals surface area contributed by atoms with E-state index in [0.29, 0.717) is 16.5 Å². The van der Waals surface area contributed by atoms with Crippen LogP contribution in [-0.4, -0.2) is 13.3 Å². The minimum atomic E-state index is -2.40. The summed E-state index contributed by atoms with van der Waals surface area (Å²) in [5.74, 6) is 2.60. The Kier molecular flexibility index (Phi) is 7.45. The maximum absolute atomic E-state index is 8.01. The number of hydrogen-bond acceptors (Lipinski definition) is 1. The molecule has 0 spiro atoms. The predicted octanol–water partition coefficient (Wildman–Crippen LogP) is 9.98. The average Bonchev–Trinajstić information content (AvgIpc) is 3.25. The van der Waals surface area contributed by atoms with Gasteiger partial charge >= 0.3 is 243 Å². The second-order valence-electron chi connectivity index (χ2n) is 14.5. The van der Waals surface area contributed by atoms with Crippen LogP contribution in [-0.2, 0) is 7.05 Å². The first-order chi connectivity index (χ1) is 19.2. The summed E-state index contributed by atoms with van der Waals surface area (Å²) in [4.78, 5) is 3.95. The third-order valence-corrected chi connectivity index (χ3v) is 19.5. The van der Waals surface area contributed by atoms with Crippen molar-refractivity contribution in [1.82, 2.24) is 0 Å². The molecule has 0 saturated heterocycles. The molecule has 0 aliphatic heterocycles. The Morgan fingerprint density at radius 1 is 0.780 bits per heavy atom. The quantitative estimate of drug-likeness (QED) is 0.111. The molecule has 5 aromatic rings. The Labute approximate surface area is 248 Å². The summed E-state index contributed by atoms with van der Waals surface area (Å²) in [6, 6.07) is 23.8. The van der Waals surface area contributed by atoms with Gasteiger partial charge in [-0.15, -0.1) is 0 Å². The normalized spacial score (nSPS) is 12.7. The van der Waals surface area contributed by atoms with Gasteiger partial charge in [0.1, 0.15) is 0 Å². The van der Waals surface area contributed by atoms with Gasteiger partial charge in [-0.1, -0.05) is 0 Å². The molecule has 0 saturated carbocycles. The van der Waals surface area contributed by atoms with Gasteiger partial charge in [-0.25, -0.2) is 0 Å². The molecule has 0 aliphatic rings. The van der Waals surface area contributed by atoms with Gasteiger partial charge < -0.3 is 0 Å². The molecule has 210 valence electrons. The van der Waals surface area contributed by atoms with Crippen LogP contribution in [0.15, 0.2) is 77.3 Å². The van der Waals surface area contributed by atoms with E-state index in [9.17, 15) is 0 Å². The van der Waals surface area contributed by atoms with Crippen LogP contribution in [0.5, 0.6) is 0 Å². The molecule has 0 amide bonds. The van der Waals surface area contributed by atoms with Crippen LogP contribution in [0.25, 0.3) is 49.2 Å². The van der Waals surface area contributed by atoms with Crippen molar-refractivity contribution >= 4 is 45.3 Å². The standard InChI is InChI=1S/C37H43GeN2O/c1-25-14-19-28-29-20-21-30(39-9)33(35(29)41-34(28)32(25)31-13-11-12-22-40(31)10)26-15-17-27(18-16-26)38(8,23-36(2,3)4)24-37(5,6)7/h11-22H,23-24H2,1-8,10H3/q+1. The van der Waals surface area contributed by atoms with Gasteiger partial charge in [0.05, 0.1) is 0 Å². The number of aryl methyl sites for hydroxylation is 2. The monoisotopic (exact) mass is 605 g/mol. The molecule has 0 fully saturated rings. The van der Waals surface area contributed by atoms with E-state index in [1.165, 1.54) is 20.5 Å². The van der Waals surface area contributed by atoms with E-state index < -0.39 is 13.3 Å². The first kappa shape index (κ1) is 29.1. The second-order valence-corrected chi connectivity index (χ2v) is 23.7. The molecular weight excluding hydrogens is 561 g/mol. The number of aromatic nitrogens is 1. The van der Waals surface area contributed by atoms with E-state index in [1.54, 1.807) is 0 Å². The van der Waals surface area contributed by atoms with E-state index in [1.807, 2.05) is 12.1 Å². The summed E-state index contributed by atoms with van der Waals surface area (Å²) in [5.41, 5.74) is 8.18. The number of hydrogen-bond donors (Lipinski definition) is 0. The van der Waals surface area contributed by atoms with Gasteiger partial charge in [-0.3, -0.25) is 0 Å². The molecule has 0 N–H and O–H groups in total.